The minimum absolute atomic E-state index is 0.0390. The van der Waals surface area contributed by atoms with Gasteiger partial charge < -0.3 is 10.2 Å². The second-order valence-electron chi connectivity index (χ2n) is 7.07. The largest absolute Gasteiger partial charge is 0.366 e. The van der Waals surface area contributed by atoms with Crippen LogP contribution in [0.1, 0.15) is 35.7 Å². The van der Waals surface area contributed by atoms with Gasteiger partial charge in [-0.05, 0) is 43.9 Å². The molecule has 0 atom stereocenters. The van der Waals surface area contributed by atoms with E-state index in [1.54, 1.807) is 18.2 Å². The fourth-order valence-corrected chi connectivity index (χ4v) is 3.40. The second kappa shape index (κ2) is 7.96. The fourth-order valence-electron chi connectivity index (χ4n) is 3.20. The van der Waals surface area contributed by atoms with Crippen LogP contribution in [0.4, 0.5) is 17.1 Å². The fraction of sp³-hybridized carbons (Fsp3) is 0.350. The standard InChI is InChI=1S/C20H22ClN3O3/c1-13-3-5-15(6-4-13)20(25)22-17-12-18(19(24(26)27)11-16(17)21)23-9-7-14(2)8-10-23/h3-6,11-12,14H,7-10H2,1-2H3,(H,22,25). The lowest BCUT2D eigenvalue weighted by atomic mass is 9.98. The monoisotopic (exact) mass is 387 g/mol. The van der Waals surface area contributed by atoms with Crippen molar-refractivity contribution in [2.45, 2.75) is 26.7 Å². The molecule has 3 rings (SSSR count). The number of nitro groups is 1. The lowest BCUT2D eigenvalue weighted by Gasteiger charge is -2.32. The first kappa shape index (κ1) is 19.2. The van der Waals surface area contributed by atoms with Crippen molar-refractivity contribution in [2.75, 3.05) is 23.3 Å². The number of carbonyl (C=O) groups excluding carboxylic acids is 1. The molecule has 2 aromatic rings. The molecule has 1 aliphatic rings. The van der Waals surface area contributed by atoms with Crippen molar-refractivity contribution < 1.29 is 9.72 Å². The number of carbonyl (C=O) groups is 1. The molecule has 0 aromatic heterocycles. The number of nitrogens with zero attached hydrogens (tertiary/aromatic N) is 2. The molecule has 1 heterocycles. The lowest BCUT2D eigenvalue weighted by molar-refractivity contribution is -0.384. The highest BCUT2D eigenvalue weighted by atomic mass is 35.5. The van der Waals surface area contributed by atoms with E-state index in [-0.39, 0.29) is 16.6 Å². The maximum Gasteiger partial charge on any atom is 0.294 e. The Kier molecular flexibility index (Phi) is 5.65. The number of piperidine rings is 1. The van der Waals surface area contributed by atoms with Crippen molar-refractivity contribution in [3.05, 3.63) is 62.7 Å². The predicted octanol–water partition coefficient (Wildman–Crippen LogP) is 5.05. The molecule has 6 nitrogen and oxygen atoms in total. The van der Waals surface area contributed by atoms with Crippen molar-refractivity contribution in [1.29, 1.82) is 0 Å². The Morgan fingerprint density at radius 1 is 1.22 bits per heavy atom. The van der Waals surface area contributed by atoms with Crippen LogP contribution in [0.25, 0.3) is 0 Å². The summed E-state index contributed by atoms with van der Waals surface area (Å²) in [6, 6.07) is 10.1. The molecule has 1 aliphatic heterocycles. The third-order valence-corrected chi connectivity index (χ3v) is 5.26. The number of nitrogens with one attached hydrogen (secondary N) is 1. The average Bonchev–Trinajstić information content (AvgIpc) is 2.64. The number of halogens is 1. The zero-order valence-corrected chi connectivity index (χ0v) is 16.1. The van der Waals surface area contributed by atoms with E-state index in [4.69, 9.17) is 11.6 Å². The van der Waals surface area contributed by atoms with Crippen LogP contribution in [-0.4, -0.2) is 23.9 Å². The van der Waals surface area contributed by atoms with Crippen molar-refractivity contribution in [2.24, 2.45) is 5.92 Å². The van der Waals surface area contributed by atoms with Gasteiger partial charge in [-0.1, -0.05) is 36.2 Å². The van der Waals surface area contributed by atoms with Gasteiger partial charge in [0.25, 0.3) is 11.6 Å². The smallest absolute Gasteiger partial charge is 0.294 e. The van der Waals surface area contributed by atoms with Gasteiger partial charge in [0, 0.05) is 24.7 Å². The highest BCUT2D eigenvalue weighted by molar-refractivity contribution is 6.34. The molecule has 0 radical (unpaired) electrons. The van der Waals surface area contributed by atoms with E-state index < -0.39 is 4.92 Å². The number of anilines is 2. The molecule has 1 saturated heterocycles. The molecule has 27 heavy (non-hydrogen) atoms. The Hall–Kier alpha value is -2.60. The van der Waals surface area contributed by atoms with Crippen LogP contribution < -0.4 is 10.2 Å². The average molecular weight is 388 g/mol. The van der Waals surface area contributed by atoms with Crippen LogP contribution in [0, 0.1) is 23.0 Å². The zero-order chi connectivity index (χ0) is 19.6. The lowest BCUT2D eigenvalue weighted by Crippen LogP contribution is -2.33. The molecule has 2 aromatic carbocycles. The first-order valence-electron chi connectivity index (χ1n) is 8.96. The van der Waals surface area contributed by atoms with E-state index >= 15 is 0 Å². The van der Waals surface area contributed by atoms with Crippen LogP contribution in [0.3, 0.4) is 0 Å². The van der Waals surface area contributed by atoms with Gasteiger partial charge >= 0.3 is 0 Å². The topological polar surface area (TPSA) is 75.5 Å². The Balaban J connectivity index is 1.91. The molecule has 142 valence electrons. The number of hydrogen-bond acceptors (Lipinski definition) is 4. The van der Waals surface area contributed by atoms with E-state index in [1.165, 1.54) is 6.07 Å². The van der Waals surface area contributed by atoms with Gasteiger partial charge in [0.05, 0.1) is 15.6 Å². The summed E-state index contributed by atoms with van der Waals surface area (Å²) in [5.74, 6) is 0.303. The first-order valence-corrected chi connectivity index (χ1v) is 9.34. The van der Waals surface area contributed by atoms with Gasteiger partial charge in [-0.15, -0.1) is 0 Å². The number of hydrogen-bond donors (Lipinski definition) is 1. The van der Waals surface area contributed by atoms with Gasteiger partial charge in [0.2, 0.25) is 0 Å². The van der Waals surface area contributed by atoms with Gasteiger partial charge in [0.1, 0.15) is 5.69 Å². The summed E-state index contributed by atoms with van der Waals surface area (Å²) in [4.78, 5) is 25.6. The molecule has 1 fully saturated rings. The highest BCUT2D eigenvalue weighted by Crippen LogP contribution is 2.38. The summed E-state index contributed by atoms with van der Waals surface area (Å²) in [6.45, 7) is 5.62. The third-order valence-electron chi connectivity index (χ3n) is 4.95. The summed E-state index contributed by atoms with van der Waals surface area (Å²) in [6.07, 6.45) is 1.95. The van der Waals surface area contributed by atoms with E-state index in [0.29, 0.717) is 22.9 Å². The maximum atomic E-state index is 12.5. The second-order valence-corrected chi connectivity index (χ2v) is 7.47. The van der Waals surface area contributed by atoms with Crippen LogP contribution in [0.15, 0.2) is 36.4 Å². The normalized spacial score (nSPS) is 14.9. The Labute approximate surface area is 163 Å². The van der Waals surface area contributed by atoms with Gasteiger partial charge in [-0.3, -0.25) is 14.9 Å². The van der Waals surface area contributed by atoms with Crippen LogP contribution >= 0.6 is 11.6 Å². The highest BCUT2D eigenvalue weighted by Gasteiger charge is 2.25. The molecular weight excluding hydrogens is 366 g/mol. The summed E-state index contributed by atoms with van der Waals surface area (Å²) in [5.41, 5.74) is 2.39. The van der Waals surface area contributed by atoms with Gasteiger partial charge in [-0.25, -0.2) is 0 Å². The molecule has 0 unspecified atom stereocenters. The van der Waals surface area contributed by atoms with Crippen molar-refractivity contribution in [3.8, 4) is 0 Å². The summed E-state index contributed by atoms with van der Waals surface area (Å²) in [5, 5.41) is 14.4. The molecule has 0 bridgehead atoms. The molecule has 0 aliphatic carbocycles. The maximum absolute atomic E-state index is 12.5. The predicted molar refractivity (Wildman–Crippen MR) is 108 cm³/mol. The number of amides is 1. The van der Waals surface area contributed by atoms with Crippen molar-refractivity contribution >= 4 is 34.6 Å². The summed E-state index contributed by atoms with van der Waals surface area (Å²) < 4.78 is 0. The molecule has 0 saturated carbocycles. The summed E-state index contributed by atoms with van der Waals surface area (Å²) >= 11 is 6.23. The van der Waals surface area contributed by atoms with Gasteiger partial charge in [0.15, 0.2) is 0 Å². The number of benzene rings is 2. The Bertz CT molecular complexity index is 860. The van der Waals surface area contributed by atoms with E-state index in [1.807, 2.05) is 24.0 Å². The Morgan fingerprint density at radius 2 is 1.85 bits per heavy atom. The molecule has 7 heteroatoms. The molecular formula is C20H22ClN3O3. The van der Waals surface area contributed by atoms with Crippen LogP contribution in [0.5, 0.6) is 0 Å². The number of rotatable bonds is 4. The number of nitro benzene ring substituents is 1. The molecule has 1 amide bonds. The summed E-state index contributed by atoms with van der Waals surface area (Å²) in [7, 11) is 0. The Morgan fingerprint density at radius 3 is 2.44 bits per heavy atom. The van der Waals surface area contributed by atoms with Crippen LogP contribution in [0.2, 0.25) is 5.02 Å². The first-order chi connectivity index (χ1) is 12.8. The molecule has 0 spiro atoms. The zero-order valence-electron chi connectivity index (χ0n) is 15.4. The number of aryl methyl sites for hydroxylation is 1. The van der Waals surface area contributed by atoms with Crippen molar-refractivity contribution in [3.63, 3.8) is 0 Å². The minimum Gasteiger partial charge on any atom is -0.366 e. The third kappa shape index (κ3) is 4.39. The van der Waals surface area contributed by atoms with Crippen LogP contribution in [-0.2, 0) is 0 Å². The van der Waals surface area contributed by atoms with Crippen molar-refractivity contribution in [1.82, 2.24) is 0 Å². The van der Waals surface area contributed by atoms with E-state index in [9.17, 15) is 14.9 Å². The SMILES string of the molecule is Cc1ccc(C(=O)Nc2cc(N3CCC(C)CC3)c([N+](=O)[O-])cc2Cl)cc1. The minimum atomic E-state index is -0.426. The van der Waals surface area contributed by atoms with Gasteiger partial charge in [-0.2, -0.15) is 0 Å². The van der Waals surface area contributed by atoms with E-state index in [2.05, 4.69) is 12.2 Å². The molecule has 1 N–H and O–H groups in total. The van der Waals surface area contributed by atoms with E-state index in [0.717, 1.165) is 31.5 Å². The quantitative estimate of drug-likeness (QED) is 0.588.